The molecule has 4 aliphatic rings. The van der Waals surface area contributed by atoms with Gasteiger partial charge in [-0.25, -0.2) is 0 Å². The van der Waals surface area contributed by atoms with Gasteiger partial charge in [-0.1, -0.05) is 19.8 Å². The number of rotatable bonds is 0. The van der Waals surface area contributed by atoms with E-state index in [9.17, 15) is 20.4 Å². The summed E-state index contributed by atoms with van der Waals surface area (Å²) in [5.41, 5.74) is -1.91. The van der Waals surface area contributed by atoms with Gasteiger partial charge in [-0.05, 0) is 74.0 Å². The number of hydrogen-bond donors (Lipinski definition) is 4. The van der Waals surface area contributed by atoms with Crippen LogP contribution in [0.1, 0.15) is 58.8 Å². The molecule has 4 saturated carbocycles. The lowest BCUT2D eigenvalue weighted by molar-refractivity contribution is -0.186. The maximum absolute atomic E-state index is 11.0. The molecule has 0 bridgehead atoms. The SMILES string of the molecule is C#C[C@]1(O)[C@H](O)C[C@H]2[C@@H]3[C@@H](O)C[C@@H]4C[C@H](O)CC[C@]4(C)[C@H]3CC[C@@]21C. The highest BCUT2D eigenvalue weighted by Crippen LogP contribution is 2.68. The largest absolute Gasteiger partial charge is 0.393 e. The summed E-state index contributed by atoms with van der Waals surface area (Å²) in [4.78, 5) is 0. The van der Waals surface area contributed by atoms with Crippen molar-refractivity contribution < 1.29 is 20.4 Å². The van der Waals surface area contributed by atoms with Crippen molar-refractivity contribution in [3.63, 3.8) is 0 Å². The first kappa shape index (κ1) is 17.8. The van der Waals surface area contributed by atoms with E-state index in [1.165, 1.54) is 0 Å². The first-order valence-corrected chi connectivity index (χ1v) is 9.91. The Bertz CT molecular complexity index is 599. The van der Waals surface area contributed by atoms with Crippen LogP contribution in [0, 0.1) is 46.8 Å². The van der Waals surface area contributed by atoms with Crippen LogP contribution in [0.4, 0.5) is 0 Å². The van der Waals surface area contributed by atoms with E-state index < -0.39 is 23.2 Å². The molecule has 140 valence electrons. The van der Waals surface area contributed by atoms with Gasteiger partial charge < -0.3 is 20.4 Å². The van der Waals surface area contributed by atoms with Gasteiger partial charge in [-0.3, -0.25) is 0 Å². The Kier molecular flexibility index (Phi) is 3.88. The maximum atomic E-state index is 11.0. The molecule has 4 nitrogen and oxygen atoms in total. The number of aliphatic hydroxyl groups excluding tert-OH is 3. The van der Waals surface area contributed by atoms with Gasteiger partial charge in [0.2, 0.25) is 0 Å². The molecule has 4 heteroatoms. The zero-order valence-electron chi connectivity index (χ0n) is 15.4. The fourth-order valence-corrected chi connectivity index (χ4v) is 7.49. The molecule has 0 aromatic carbocycles. The molecule has 4 N–H and O–H groups in total. The van der Waals surface area contributed by atoms with Gasteiger partial charge in [0.1, 0.15) is 0 Å². The molecule has 0 amide bonds. The van der Waals surface area contributed by atoms with E-state index in [4.69, 9.17) is 6.42 Å². The van der Waals surface area contributed by atoms with Gasteiger partial charge in [0.25, 0.3) is 0 Å². The number of fused-ring (bicyclic) bond motifs is 5. The Hall–Kier alpha value is -0.600. The standard InChI is InChI=1S/C21H32O4/c1-4-21(25)17(24)11-15-18-14(6-8-20(15,21)3)19(2)7-5-13(22)9-12(19)10-16(18)23/h1,12-18,22-25H,5-11H2,2-3H3/t12-,13+,14-,15-,16-,17+,18+,19-,20-,21-/m0/s1. The lowest BCUT2D eigenvalue weighted by Crippen LogP contribution is -2.60. The van der Waals surface area contributed by atoms with Crippen LogP contribution in [-0.2, 0) is 0 Å². The van der Waals surface area contributed by atoms with Crippen LogP contribution in [0.5, 0.6) is 0 Å². The summed E-state index contributed by atoms with van der Waals surface area (Å²) in [6.07, 6.45) is 9.57. The fraction of sp³-hybridized carbons (Fsp3) is 0.905. The molecule has 25 heavy (non-hydrogen) atoms. The van der Waals surface area contributed by atoms with Crippen LogP contribution in [-0.4, -0.2) is 44.3 Å². The predicted octanol–water partition coefficient (Wildman–Crippen LogP) is 1.70. The van der Waals surface area contributed by atoms with Crippen molar-refractivity contribution in [2.45, 2.75) is 82.7 Å². The minimum Gasteiger partial charge on any atom is -0.393 e. The molecule has 4 aliphatic carbocycles. The van der Waals surface area contributed by atoms with E-state index in [0.717, 1.165) is 32.1 Å². The molecule has 4 rings (SSSR count). The van der Waals surface area contributed by atoms with Crippen LogP contribution < -0.4 is 0 Å². The number of terminal acetylenes is 1. The summed E-state index contributed by atoms with van der Waals surface area (Å²) in [6, 6.07) is 0. The smallest absolute Gasteiger partial charge is 0.156 e. The second-order valence-corrected chi connectivity index (χ2v) is 9.84. The third-order valence-corrected chi connectivity index (χ3v) is 9.10. The summed E-state index contributed by atoms with van der Waals surface area (Å²) < 4.78 is 0. The van der Waals surface area contributed by atoms with Crippen LogP contribution in [0.25, 0.3) is 0 Å². The maximum Gasteiger partial charge on any atom is 0.156 e. The van der Waals surface area contributed by atoms with Crippen LogP contribution >= 0.6 is 0 Å². The topological polar surface area (TPSA) is 80.9 Å². The predicted molar refractivity (Wildman–Crippen MR) is 94.3 cm³/mol. The molecule has 0 aromatic heterocycles. The Morgan fingerprint density at radius 2 is 1.68 bits per heavy atom. The van der Waals surface area contributed by atoms with Crippen molar-refractivity contribution in [1.82, 2.24) is 0 Å². The average molecular weight is 348 g/mol. The summed E-state index contributed by atoms with van der Waals surface area (Å²) >= 11 is 0. The lowest BCUT2D eigenvalue weighted by atomic mass is 9.43. The molecule has 0 spiro atoms. The molecule has 10 atom stereocenters. The molecule has 0 heterocycles. The van der Waals surface area contributed by atoms with Gasteiger partial charge in [-0.2, -0.15) is 0 Å². The Morgan fingerprint density at radius 3 is 2.36 bits per heavy atom. The normalized spacial score (nSPS) is 60.9. The van der Waals surface area contributed by atoms with Gasteiger partial charge in [0.05, 0.1) is 18.3 Å². The highest BCUT2D eigenvalue weighted by atomic mass is 16.3. The molecule has 4 fully saturated rings. The summed E-state index contributed by atoms with van der Waals surface area (Å²) in [5.74, 6) is 3.35. The van der Waals surface area contributed by atoms with Crippen molar-refractivity contribution in [3.05, 3.63) is 0 Å². The molecule has 0 aromatic rings. The van der Waals surface area contributed by atoms with Crippen molar-refractivity contribution in [1.29, 1.82) is 0 Å². The van der Waals surface area contributed by atoms with Crippen molar-refractivity contribution in [2.75, 3.05) is 0 Å². The first-order valence-electron chi connectivity index (χ1n) is 9.91. The van der Waals surface area contributed by atoms with E-state index in [1.807, 2.05) is 6.92 Å². The first-order chi connectivity index (χ1) is 11.7. The van der Waals surface area contributed by atoms with E-state index in [-0.39, 0.29) is 23.4 Å². The van der Waals surface area contributed by atoms with E-state index in [0.29, 0.717) is 24.7 Å². The molecular formula is C21H32O4. The summed E-state index contributed by atoms with van der Waals surface area (Å²) in [7, 11) is 0. The van der Waals surface area contributed by atoms with Crippen molar-refractivity contribution >= 4 is 0 Å². The Balaban J connectivity index is 1.72. The molecule has 0 unspecified atom stereocenters. The zero-order chi connectivity index (χ0) is 18.2. The zero-order valence-corrected chi connectivity index (χ0v) is 15.4. The quantitative estimate of drug-likeness (QED) is 0.502. The summed E-state index contributed by atoms with van der Waals surface area (Å²) in [6.45, 7) is 4.35. The Morgan fingerprint density at radius 1 is 0.960 bits per heavy atom. The van der Waals surface area contributed by atoms with Crippen LogP contribution in [0.2, 0.25) is 0 Å². The Labute approximate surface area is 150 Å². The van der Waals surface area contributed by atoms with E-state index in [1.54, 1.807) is 0 Å². The van der Waals surface area contributed by atoms with Crippen molar-refractivity contribution in [2.24, 2.45) is 34.5 Å². The van der Waals surface area contributed by atoms with E-state index in [2.05, 4.69) is 12.8 Å². The van der Waals surface area contributed by atoms with Gasteiger partial charge in [-0.15, -0.1) is 6.42 Å². The highest BCUT2D eigenvalue weighted by Gasteiger charge is 2.68. The third-order valence-electron chi connectivity index (χ3n) is 9.10. The monoisotopic (exact) mass is 348 g/mol. The molecule has 0 aliphatic heterocycles. The minimum absolute atomic E-state index is 0.0434. The van der Waals surface area contributed by atoms with Gasteiger partial charge >= 0.3 is 0 Å². The number of hydrogen-bond acceptors (Lipinski definition) is 4. The van der Waals surface area contributed by atoms with Crippen LogP contribution in [0.3, 0.4) is 0 Å². The molecule has 0 saturated heterocycles. The second-order valence-electron chi connectivity index (χ2n) is 9.84. The molecule has 0 radical (unpaired) electrons. The number of aliphatic hydroxyl groups is 4. The van der Waals surface area contributed by atoms with Gasteiger partial charge in [0, 0.05) is 5.41 Å². The summed E-state index contributed by atoms with van der Waals surface area (Å²) in [5, 5.41) is 42.7. The van der Waals surface area contributed by atoms with Crippen molar-refractivity contribution in [3.8, 4) is 12.3 Å². The third kappa shape index (κ3) is 2.10. The lowest BCUT2D eigenvalue weighted by Gasteiger charge is -2.62. The second kappa shape index (κ2) is 5.45. The average Bonchev–Trinajstić information content (AvgIpc) is 2.77. The van der Waals surface area contributed by atoms with E-state index >= 15 is 0 Å². The fourth-order valence-electron chi connectivity index (χ4n) is 7.49. The minimum atomic E-state index is -1.50. The van der Waals surface area contributed by atoms with Crippen LogP contribution in [0.15, 0.2) is 0 Å². The highest BCUT2D eigenvalue weighted by molar-refractivity contribution is 5.27. The molecular weight excluding hydrogens is 316 g/mol. The van der Waals surface area contributed by atoms with Gasteiger partial charge in [0.15, 0.2) is 5.60 Å².